The first-order chi connectivity index (χ1) is 14.3. The van der Waals surface area contributed by atoms with E-state index in [1.807, 2.05) is 32.9 Å². The van der Waals surface area contributed by atoms with Crippen molar-refractivity contribution in [2.45, 2.75) is 27.2 Å². The molecule has 0 aromatic heterocycles. The number of halogens is 2. The minimum Gasteiger partial charge on any atom is -0.490 e. The van der Waals surface area contributed by atoms with E-state index >= 15 is 0 Å². The van der Waals surface area contributed by atoms with Gasteiger partial charge >= 0.3 is 0 Å². The fourth-order valence-corrected chi connectivity index (χ4v) is 4.17. The van der Waals surface area contributed by atoms with E-state index in [0.29, 0.717) is 30.5 Å². The molecule has 0 atom stereocenters. The van der Waals surface area contributed by atoms with Crippen LogP contribution in [0.15, 0.2) is 39.3 Å². The van der Waals surface area contributed by atoms with Crippen molar-refractivity contribution in [1.82, 2.24) is 10.9 Å². The van der Waals surface area contributed by atoms with Crippen LogP contribution >= 0.6 is 31.9 Å². The molecule has 162 valence electrons. The van der Waals surface area contributed by atoms with Crippen molar-refractivity contribution < 1.29 is 23.8 Å². The lowest BCUT2D eigenvalue weighted by atomic mass is 10.1. The number of hydrazine groups is 1. The zero-order valence-corrected chi connectivity index (χ0v) is 20.2. The minimum absolute atomic E-state index is 0.0744. The lowest BCUT2D eigenvalue weighted by molar-refractivity contribution is -0.129. The zero-order chi connectivity index (χ0) is 22.1. The van der Waals surface area contributed by atoms with E-state index in [4.69, 9.17) is 14.2 Å². The first-order valence-corrected chi connectivity index (χ1v) is 11.0. The van der Waals surface area contributed by atoms with Gasteiger partial charge in [-0.2, -0.15) is 0 Å². The molecule has 2 rings (SSSR count). The second-order valence-corrected chi connectivity index (χ2v) is 8.01. The average molecular weight is 544 g/mol. The average Bonchev–Trinajstić information content (AvgIpc) is 2.68. The molecule has 0 bridgehead atoms. The SMILES string of the molecule is CCOc1ccc(CC(=O)NNC(=O)COc2c(C)cc(Br)cc2Br)cc1OCC. The maximum absolute atomic E-state index is 12.2. The molecule has 2 amide bonds. The Morgan fingerprint density at radius 2 is 1.57 bits per heavy atom. The minimum atomic E-state index is -0.473. The Bertz CT molecular complexity index is 882. The third-order valence-electron chi connectivity index (χ3n) is 3.86. The normalized spacial score (nSPS) is 10.3. The molecule has 0 aliphatic carbocycles. The molecule has 0 heterocycles. The Labute approximate surface area is 192 Å². The van der Waals surface area contributed by atoms with Gasteiger partial charge in [-0.05, 0) is 72.1 Å². The molecule has 30 heavy (non-hydrogen) atoms. The second kappa shape index (κ2) is 11.8. The van der Waals surface area contributed by atoms with Gasteiger partial charge in [0.15, 0.2) is 18.1 Å². The van der Waals surface area contributed by atoms with Crippen molar-refractivity contribution in [2.75, 3.05) is 19.8 Å². The van der Waals surface area contributed by atoms with Gasteiger partial charge in [0.05, 0.1) is 24.1 Å². The van der Waals surface area contributed by atoms with E-state index in [1.54, 1.807) is 18.2 Å². The van der Waals surface area contributed by atoms with Gasteiger partial charge in [0.25, 0.3) is 5.91 Å². The molecular formula is C21H24Br2N2O5. The van der Waals surface area contributed by atoms with Crippen LogP contribution in [0.1, 0.15) is 25.0 Å². The predicted molar refractivity (Wildman–Crippen MR) is 121 cm³/mol. The molecule has 2 aromatic carbocycles. The van der Waals surface area contributed by atoms with E-state index in [1.165, 1.54) is 0 Å². The summed E-state index contributed by atoms with van der Waals surface area (Å²) in [5.74, 6) is 0.939. The highest BCUT2D eigenvalue weighted by Crippen LogP contribution is 2.32. The lowest BCUT2D eigenvalue weighted by Crippen LogP contribution is -2.44. The van der Waals surface area contributed by atoms with Crippen LogP contribution in [-0.4, -0.2) is 31.6 Å². The van der Waals surface area contributed by atoms with Gasteiger partial charge in [-0.3, -0.25) is 20.4 Å². The molecule has 9 heteroatoms. The van der Waals surface area contributed by atoms with E-state index in [0.717, 1.165) is 20.1 Å². The van der Waals surface area contributed by atoms with Crippen molar-refractivity contribution in [2.24, 2.45) is 0 Å². The van der Waals surface area contributed by atoms with Crippen LogP contribution in [0.2, 0.25) is 0 Å². The largest absolute Gasteiger partial charge is 0.490 e. The van der Waals surface area contributed by atoms with Gasteiger partial charge in [0.2, 0.25) is 5.91 Å². The van der Waals surface area contributed by atoms with Crippen LogP contribution in [0, 0.1) is 6.92 Å². The quantitative estimate of drug-likeness (QED) is 0.465. The van der Waals surface area contributed by atoms with Crippen LogP contribution in [0.3, 0.4) is 0 Å². The maximum atomic E-state index is 12.2. The van der Waals surface area contributed by atoms with E-state index in [2.05, 4.69) is 42.7 Å². The fourth-order valence-electron chi connectivity index (χ4n) is 2.62. The number of carbonyl (C=O) groups is 2. The summed E-state index contributed by atoms with van der Waals surface area (Å²) in [6.07, 6.45) is 0.0744. The van der Waals surface area contributed by atoms with Crippen LogP contribution < -0.4 is 25.1 Å². The zero-order valence-electron chi connectivity index (χ0n) is 17.0. The summed E-state index contributed by atoms with van der Waals surface area (Å²) >= 11 is 6.80. The van der Waals surface area contributed by atoms with E-state index < -0.39 is 5.91 Å². The molecular weight excluding hydrogens is 520 g/mol. The molecule has 0 spiro atoms. The number of rotatable bonds is 9. The first-order valence-electron chi connectivity index (χ1n) is 9.38. The molecule has 7 nitrogen and oxygen atoms in total. The first kappa shape index (κ1) is 24.0. The van der Waals surface area contributed by atoms with Gasteiger partial charge in [-0.1, -0.05) is 22.0 Å². The highest BCUT2D eigenvalue weighted by molar-refractivity contribution is 9.11. The molecule has 0 saturated carbocycles. The van der Waals surface area contributed by atoms with Crippen molar-refractivity contribution in [1.29, 1.82) is 0 Å². The van der Waals surface area contributed by atoms with Crippen LogP contribution in [0.4, 0.5) is 0 Å². The predicted octanol–water partition coefficient (Wildman–Crippen LogP) is 4.09. The standard InChI is InChI=1S/C21H24Br2N2O5/c1-4-28-17-7-6-14(9-18(17)29-5-2)10-19(26)24-25-20(27)12-30-21-13(3)8-15(22)11-16(21)23/h6-9,11H,4-5,10,12H2,1-3H3,(H,24,26)(H,25,27). The maximum Gasteiger partial charge on any atom is 0.276 e. The molecule has 2 N–H and O–H groups in total. The highest BCUT2D eigenvalue weighted by Gasteiger charge is 2.12. The Balaban J connectivity index is 1.85. The number of hydrogen-bond donors (Lipinski definition) is 2. The summed E-state index contributed by atoms with van der Waals surface area (Å²) < 4.78 is 18.3. The fraction of sp³-hybridized carbons (Fsp3) is 0.333. The van der Waals surface area contributed by atoms with Crippen molar-refractivity contribution in [3.8, 4) is 17.2 Å². The van der Waals surface area contributed by atoms with Crippen molar-refractivity contribution in [3.05, 3.63) is 50.4 Å². The van der Waals surface area contributed by atoms with E-state index in [-0.39, 0.29) is 18.9 Å². The van der Waals surface area contributed by atoms with Crippen molar-refractivity contribution in [3.63, 3.8) is 0 Å². The molecule has 0 aliphatic rings. The van der Waals surface area contributed by atoms with Crippen molar-refractivity contribution >= 4 is 43.7 Å². The summed E-state index contributed by atoms with van der Waals surface area (Å²) in [6.45, 7) is 6.40. The Hall–Kier alpha value is -2.26. The number of hydrogen-bond acceptors (Lipinski definition) is 5. The smallest absolute Gasteiger partial charge is 0.276 e. The number of aryl methyl sites for hydroxylation is 1. The molecule has 0 saturated heterocycles. The summed E-state index contributed by atoms with van der Waals surface area (Å²) in [5, 5.41) is 0. The van der Waals surface area contributed by atoms with Gasteiger partial charge in [-0.25, -0.2) is 0 Å². The number of amides is 2. The van der Waals surface area contributed by atoms with Gasteiger partial charge in [0.1, 0.15) is 5.75 Å². The monoisotopic (exact) mass is 542 g/mol. The number of nitrogens with one attached hydrogen (secondary N) is 2. The van der Waals surface area contributed by atoms with E-state index in [9.17, 15) is 9.59 Å². The summed E-state index contributed by atoms with van der Waals surface area (Å²) in [7, 11) is 0. The third-order valence-corrected chi connectivity index (χ3v) is 4.90. The Kier molecular flexibility index (Phi) is 9.45. The number of ether oxygens (including phenoxy) is 3. The molecule has 0 fully saturated rings. The van der Waals surface area contributed by atoms with Gasteiger partial charge < -0.3 is 14.2 Å². The molecule has 2 aromatic rings. The number of benzene rings is 2. The summed E-state index contributed by atoms with van der Waals surface area (Å²) in [5.41, 5.74) is 6.34. The topological polar surface area (TPSA) is 85.9 Å². The number of carbonyl (C=O) groups excluding carboxylic acids is 2. The summed E-state index contributed by atoms with van der Waals surface area (Å²) in [6, 6.07) is 9.02. The second-order valence-electron chi connectivity index (χ2n) is 6.24. The van der Waals surface area contributed by atoms with Gasteiger partial charge in [-0.15, -0.1) is 0 Å². The summed E-state index contributed by atoms with van der Waals surface area (Å²) in [4.78, 5) is 24.2. The highest BCUT2D eigenvalue weighted by atomic mass is 79.9. The third kappa shape index (κ3) is 7.21. The van der Waals surface area contributed by atoms with Crippen LogP contribution in [0.25, 0.3) is 0 Å². The molecule has 0 radical (unpaired) electrons. The van der Waals surface area contributed by atoms with Crippen LogP contribution in [0.5, 0.6) is 17.2 Å². The molecule has 0 aliphatic heterocycles. The van der Waals surface area contributed by atoms with Gasteiger partial charge in [0, 0.05) is 4.47 Å². The Morgan fingerprint density at radius 1 is 0.900 bits per heavy atom. The lowest BCUT2D eigenvalue weighted by Gasteiger charge is -2.13. The Morgan fingerprint density at radius 3 is 2.23 bits per heavy atom. The molecule has 0 unspecified atom stereocenters. The van der Waals surface area contributed by atoms with Crippen LogP contribution in [-0.2, 0) is 16.0 Å².